The number of hydrogen-bond acceptors (Lipinski definition) is 1. The number of benzene rings is 1. The molecule has 1 aromatic rings. The molecule has 1 aromatic carbocycles. The van der Waals surface area contributed by atoms with E-state index < -0.39 is 0 Å². The van der Waals surface area contributed by atoms with Crippen LogP contribution in [0.4, 0.5) is 4.39 Å². The molecule has 0 heterocycles. The highest BCUT2D eigenvalue weighted by atomic mass is 19.1. The Labute approximate surface area is 65.5 Å². The van der Waals surface area contributed by atoms with Crippen molar-refractivity contribution in [2.75, 3.05) is 0 Å². The fourth-order valence-electron chi connectivity index (χ4n) is 0.987. The smallest absolute Gasteiger partial charge is 0.127 e. The van der Waals surface area contributed by atoms with E-state index in [1.165, 1.54) is 6.07 Å². The third kappa shape index (κ3) is 2.22. The van der Waals surface area contributed by atoms with Gasteiger partial charge in [-0.2, -0.15) is 0 Å². The zero-order valence-electron chi connectivity index (χ0n) is 6.34. The first-order chi connectivity index (χ1) is 5.22. The lowest BCUT2D eigenvalue weighted by molar-refractivity contribution is 0.468. The van der Waals surface area contributed by atoms with Crippen LogP contribution in [0.5, 0.6) is 5.75 Å². The Kier molecular flexibility index (Phi) is 2.47. The van der Waals surface area contributed by atoms with Gasteiger partial charge in [-0.3, -0.25) is 0 Å². The fourth-order valence-corrected chi connectivity index (χ4v) is 0.987. The van der Waals surface area contributed by atoms with E-state index in [1.54, 1.807) is 6.07 Å². The minimum atomic E-state index is -0.387. The van der Waals surface area contributed by atoms with E-state index >= 15 is 0 Å². The van der Waals surface area contributed by atoms with Gasteiger partial charge in [0.25, 0.3) is 0 Å². The quantitative estimate of drug-likeness (QED) is 0.691. The second-order valence-electron chi connectivity index (χ2n) is 2.43. The van der Waals surface area contributed by atoms with Gasteiger partial charge in [-0.15, -0.1) is 0 Å². The molecule has 0 fully saturated rings. The highest BCUT2D eigenvalue weighted by molar-refractivity contribution is 5.28. The Hall–Kier alpha value is -1.05. The molecule has 1 N–H and O–H groups in total. The maximum Gasteiger partial charge on any atom is 0.127 e. The summed E-state index contributed by atoms with van der Waals surface area (Å²) in [4.78, 5) is 0. The Morgan fingerprint density at radius 3 is 2.73 bits per heavy atom. The summed E-state index contributed by atoms with van der Waals surface area (Å²) in [5.74, 6) is -0.399. The van der Waals surface area contributed by atoms with E-state index in [4.69, 9.17) is 5.11 Å². The Balaban J connectivity index is 2.89. The molecule has 0 aliphatic rings. The van der Waals surface area contributed by atoms with Crippen LogP contribution in [-0.2, 0) is 6.42 Å². The fraction of sp³-hybridized carbons (Fsp3) is 0.222. The molecule has 11 heavy (non-hydrogen) atoms. The zero-order valence-corrected chi connectivity index (χ0v) is 6.34. The lowest BCUT2D eigenvalue weighted by Crippen LogP contribution is -1.84. The molecule has 0 saturated carbocycles. The van der Waals surface area contributed by atoms with Crippen LogP contribution in [0.25, 0.3) is 0 Å². The van der Waals surface area contributed by atoms with Gasteiger partial charge >= 0.3 is 0 Å². The van der Waals surface area contributed by atoms with Gasteiger partial charge in [0.15, 0.2) is 0 Å². The molecule has 0 spiro atoms. The first-order valence-corrected chi connectivity index (χ1v) is 3.48. The van der Waals surface area contributed by atoms with Crippen molar-refractivity contribution in [3.05, 3.63) is 36.0 Å². The minimum Gasteiger partial charge on any atom is -0.508 e. The van der Waals surface area contributed by atoms with Crippen molar-refractivity contribution < 1.29 is 9.50 Å². The molecule has 0 aliphatic heterocycles. The van der Waals surface area contributed by atoms with Crippen LogP contribution in [0.3, 0.4) is 0 Å². The predicted molar refractivity (Wildman–Crippen MR) is 41.7 cm³/mol. The van der Waals surface area contributed by atoms with E-state index in [0.717, 1.165) is 11.6 Å². The minimum absolute atomic E-state index is 0.0122. The molecular weight excluding hydrogens is 143 g/mol. The van der Waals surface area contributed by atoms with Crippen LogP contribution in [0.15, 0.2) is 18.2 Å². The van der Waals surface area contributed by atoms with Crippen LogP contribution in [0.2, 0.25) is 0 Å². The molecule has 1 nitrogen and oxygen atoms in total. The van der Waals surface area contributed by atoms with Crippen molar-refractivity contribution in [2.45, 2.75) is 13.3 Å². The first kappa shape index (κ1) is 8.05. The van der Waals surface area contributed by atoms with Crippen LogP contribution in [0.1, 0.15) is 12.5 Å². The van der Waals surface area contributed by atoms with Crippen molar-refractivity contribution in [1.82, 2.24) is 0 Å². The number of aromatic hydroxyl groups is 1. The molecule has 0 unspecified atom stereocenters. The first-order valence-electron chi connectivity index (χ1n) is 3.48. The van der Waals surface area contributed by atoms with Crippen LogP contribution in [-0.4, -0.2) is 5.11 Å². The van der Waals surface area contributed by atoms with Crippen molar-refractivity contribution >= 4 is 0 Å². The highest BCUT2D eigenvalue weighted by Crippen LogP contribution is 2.15. The molecule has 1 rings (SSSR count). The summed E-state index contributed by atoms with van der Waals surface area (Å²) in [6.45, 7) is 1.89. The lowest BCUT2D eigenvalue weighted by atomic mass is 10.1. The number of halogens is 1. The molecule has 0 saturated heterocycles. The maximum atomic E-state index is 12.6. The summed E-state index contributed by atoms with van der Waals surface area (Å²) < 4.78 is 12.6. The molecular formula is C9H10FO. The highest BCUT2D eigenvalue weighted by Gasteiger charge is 1.97. The molecule has 0 amide bonds. The van der Waals surface area contributed by atoms with Gasteiger partial charge in [0, 0.05) is 6.07 Å². The largest absolute Gasteiger partial charge is 0.508 e. The molecule has 0 aliphatic carbocycles. The molecule has 2 heteroatoms. The summed E-state index contributed by atoms with van der Waals surface area (Å²) in [5.41, 5.74) is 0.796. The van der Waals surface area contributed by atoms with Gasteiger partial charge in [-0.1, -0.05) is 6.92 Å². The van der Waals surface area contributed by atoms with E-state index in [-0.39, 0.29) is 11.6 Å². The molecule has 0 bridgehead atoms. The molecule has 1 radical (unpaired) electrons. The summed E-state index contributed by atoms with van der Waals surface area (Å²) in [7, 11) is 0. The Morgan fingerprint density at radius 1 is 1.45 bits per heavy atom. The van der Waals surface area contributed by atoms with Crippen molar-refractivity contribution in [3.63, 3.8) is 0 Å². The third-order valence-electron chi connectivity index (χ3n) is 1.38. The monoisotopic (exact) mass is 153 g/mol. The van der Waals surface area contributed by atoms with E-state index in [0.29, 0.717) is 6.42 Å². The number of phenols is 1. The topological polar surface area (TPSA) is 20.2 Å². The van der Waals surface area contributed by atoms with E-state index in [9.17, 15) is 4.39 Å². The molecule has 59 valence electrons. The van der Waals surface area contributed by atoms with E-state index in [1.807, 2.05) is 13.3 Å². The Morgan fingerprint density at radius 2 is 2.18 bits per heavy atom. The van der Waals surface area contributed by atoms with Gasteiger partial charge in [-0.25, -0.2) is 4.39 Å². The number of phenolic OH excluding ortho intramolecular Hbond substituents is 1. The van der Waals surface area contributed by atoms with Gasteiger partial charge < -0.3 is 5.11 Å². The van der Waals surface area contributed by atoms with Crippen LogP contribution < -0.4 is 0 Å². The summed E-state index contributed by atoms with van der Waals surface area (Å²) in [6.07, 6.45) is 2.60. The second kappa shape index (κ2) is 3.37. The predicted octanol–water partition coefficient (Wildman–Crippen LogP) is 2.30. The van der Waals surface area contributed by atoms with Crippen molar-refractivity contribution in [2.24, 2.45) is 0 Å². The summed E-state index contributed by atoms with van der Waals surface area (Å²) >= 11 is 0. The number of hydrogen-bond donors (Lipinski definition) is 1. The molecule has 0 atom stereocenters. The summed E-state index contributed by atoms with van der Waals surface area (Å²) in [5, 5.41) is 8.97. The zero-order chi connectivity index (χ0) is 8.27. The van der Waals surface area contributed by atoms with E-state index in [2.05, 4.69) is 0 Å². The normalized spacial score (nSPS) is 10.0. The second-order valence-corrected chi connectivity index (χ2v) is 2.43. The lowest BCUT2D eigenvalue weighted by Gasteiger charge is -1.99. The van der Waals surface area contributed by atoms with Crippen molar-refractivity contribution in [1.29, 1.82) is 0 Å². The number of rotatable bonds is 2. The van der Waals surface area contributed by atoms with Crippen molar-refractivity contribution in [3.8, 4) is 5.75 Å². The van der Waals surface area contributed by atoms with Gasteiger partial charge in [0.05, 0.1) is 0 Å². The maximum absolute atomic E-state index is 12.6. The average Bonchev–Trinajstić information content (AvgIpc) is 1.85. The average molecular weight is 153 g/mol. The van der Waals surface area contributed by atoms with Gasteiger partial charge in [-0.05, 0) is 30.5 Å². The molecule has 0 aromatic heterocycles. The van der Waals surface area contributed by atoms with Gasteiger partial charge in [0.2, 0.25) is 0 Å². The standard InChI is InChI=1S/C9H10FO/c1-2-3-7-4-8(10)6-9(11)5-7/h2,4-6,11H,3H2,1H3. The Bertz CT molecular complexity index is 225. The van der Waals surface area contributed by atoms with Crippen LogP contribution in [0, 0.1) is 12.2 Å². The SMILES string of the molecule is C[CH]Cc1cc(O)cc(F)c1. The van der Waals surface area contributed by atoms with Gasteiger partial charge in [0.1, 0.15) is 11.6 Å². The van der Waals surface area contributed by atoms with Crippen LogP contribution >= 0.6 is 0 Å². The summed E-state index contributed by atoms with van der Waals surface area (Å²) in [6, 6.07) is 4.07. The third-order valence-corrected chi connectivity index (χ3v) is 1.38.